The van der Waals surface area contributed by atoms with Crippen LogP contribution in [0.1, 0.15) is 127 Å². The molecule has 3 saturated carbocycles. The highest BCUT2D eigenvalue weighted by atomic mass is 16.3. The summed E-state index contributed by atoms with van der Waals surface area (Å²) in [5, 5.41) is 10.4. The van der Waals surface area contributed by atoms with E-state index >= 15 is 0 Å². The second kappa shape index (κ2) is 15.0. The lowest BCUT2D eigenvalue weighted by Crippen LogP contribution is -2.41. The Bertz CT molecular complexity index is 666. The van der Waals surface area contributed by atoms with Gasteiger partial charge in [0.05, 0.1) is 6.10 Å². The van der Waals surface area contributed by atoms with E-state index in [4.69, 9.17) is 0 Å². The maximum Gasteiger partial charge on any atom is 0.0787 e. The molecule has 3 aliphatic rings. The van der Waals surface area contributed by atoms with Gasteiger partial charge in [-0.1, -0.05) is 111 Å². The normalized spacial score (nSPS) is 35.4. The monoisotopic (exact) mass is 458 g/mol. The Balaban J connectivity index is 0.00000158. The van der Waals surface area contributed by atoms with Crippen molar-refractivity contribution in [1.82, 2.24) is 0 Å². The molecule has 192 valence electrons. The van der Waals surface area contributed by atoms with Crippen molar-refractivity contribution in [3.05, 3.63) is 47.6 Å². The van der Waals surface area contributed by atoms with E-state index in [1.165, 1.54) is 43.3 Å². The van der Waals surface area contributed by atoms with Crippen molar-refractivity contribution >= 4 is 0 Å². The van der Waals surface area contributed by atoms with Gasteiger partial charge < -0.3 is 5.11 Å². The molecule has 0 spiro atoms. The molecule has 0 saturated heterocycles. The van der Waals surface area contributed by atoms with Crippen molar-refractivity contribution in [2.75, 3.05) is 0 Å². The molecule has 0 aromatic heterocycles. The Labute approximate surface area is 208 Å². The SMILES string of the molecule is C=C1C(CC)C/C(=C\C=C2/CCCC3(C)[C@@H](C(=C)CC)CC[C@@]23C)C[C@H]1O.CC.CC.CC. The summed E-state index contributed by atoms with van der Waals surface area (Å²) in [5.41, 5.74) is 6.19. The van der Waals surface area contributed by atoms with Gasteiger partial charge in [-0.3, -0.25) is 0 Å². The molecule has 0 aliphatic heterocycles. The van der Waals surface area contributed by atoms with Crippen molar-refractivity contribution < 1.29 is 5.11 Å². The smallest absolute Gasteiger partial charge is 0.0787 e. The van der Waals surface area contributed by atoms with Gasteiger partial charge in [-0.15, -0.1) is 0 Å². The van der Waals surface area contributed by atoms with E-state index in [1.54, 1.807) is 5.57 Å². The minimum Gasteiger partial charge on any atom is -0.388 e. The predicted molar refractivity (Wildman–Crippen MR) is 151 cm³/mol. The van der Waals surface area contributed by atoms with Crippen molar-refractivity contribution in [3.63, 3.8) is 0 Å². The summed E-state index contributed by atoms with van der Waals surface area (Å²) >= 11 is 0. The van der Waals surface area contributed by atoms with Crippen molar-refractivity contribution in [2.24, 2.45) is 22.7 Å². The van der Waals surface area contributed by atoms with Crippen LogP contribution < -0.4 is 0 Å². The van der Waals surface area contributed by atoms with Gasteiger partial charge in [0.25, 0.3) is 0 Å². The molecule has 0 aromatic carbocycles. The Morgan fingerprint density at radius 2 is 1.61 bits per heavy atom. The van der Waals surface area contributed by atoms with Gasteiger partial charge >= 0.3 is 0 Å². The number of fused-ring (bicyclic) bond motifs is 1. The third-order valence-electron chi connectivity index (χ3n) is 8.69. The number of hydrogen-bond acceptors (Lipinski definition) is 1. The Morgan fingerprint density at radius 3 is 2.15 bits per heavy atom. The summed E-state index contributed by atoms with van der Waals surface area (Å²) in [6.45, 7) is 30.1. The van der Waals surface area contributed by atoms with Gasteiger partial charge in [0.1, 0.15) is 0 Å². The van der Waals surface area contributed by atoms with Gasteiger partial charge in [-0.2, -0.15) is 0 Å². The number of allylic oxidation sites excluding steroid dienone is 4. The first kappa shape index (κ1) is 31.9. The number of aliphatic hydroxyl groups is 1. The molecule has 0 aromatic rings. The van der Waals surface area contributed by atoms with Crippen LogP contribution in [0, 0.1) is 22.7 Å². The molecule has 3 fully saturated rings. The van der Waals surface area contributed by atoms with Gasteiger partial charge in [-0.05, 0) is 86.0 Å². The van der Waals surface area contributed by atoms with E-state index in [0.29, 0.717) is 22.7 Å². The van der Waals surface area contributed by atoms with Gasteiger partial charge in [0, 0.05) is 0 Å². The topological polar surface area (TPSA) is 20.2 Å². The fraction of sp³-hybridized carbons (Fsp3) is 0.750. The summed E-state index contributed by atoms with van der Waals surface area (Å²) in [5.74, 6) is 1.11. The third-order valence-corrected chi connectivity index (χ3v) is 8.69. The highest BCUT2D eigenvalue weighted by Gasteiger charge is 2.57. The average molecular weight is 459 g/mol. The van der Waals surface area contributed by atoms with E-state index in [1.807, 2.05) is 41.5 Å². The van der Waals surface area contributed by atoms with E-state index in [-0.39, 0.29) is 6.10 Å². The molecular formula is C32H58O. The molecule has 0 bridgehead atoms. The van der Waals surface area contributed by atoms with E-state index in [0.717, 1.165) is 31.3 Å². The van der Waals surface area contributed by atoms with E-state index in [2.05, 4.69) is 53.0 Å². The van der Waals surface area contributed by atoms with Crippen LogP contribution in [0.15, 0.2) is 47.6 Å². The fourth-order valence-electron chi connectivity index (χ4n) is 6.43. The van der Waals surface area contributed by atoms with Crippen molar-refractivity contribution in [2.45, 2.75) is 133 Å². The highest BCUT2D eigenvalue weighted by molar-refractivity contribution is 5.33. The zero-order valence-electron chi connectivity index (χ0n) is 24.1. The maximum atomic E-state index is 10.4. The summed E-state index contributed by atoms with van der Waals surface area (Å²) in [6, 6.07) is 0. The first-order valence-electron chi connectivity index (χ1n) is 14.2. The Kier molecular flexibility index (Phi) is 14.5. The lowest BCUT2D eigenvalue weighted by atomic mass is 9.54. The van der Waals surface area contributed by atoms with Crippen LogP contribution in [-0.4, -0.2) is 11.2 Å². The van der Waals surface area contributed by atoms with Gasteiger partial charge in [0.2, 0.25) is 0 Å². The zero-order valence-corrected chi connectivity index (χ0v) is 24.1. The standard InChI is InChI=1S/C26H40O.3C2H6/c1-7-18(3)23-13-15-25(5)22(10-9-14-26(23,25)6)12-11-20-16-21(8-2)19(4)24(27)17-20;3*1-2/h11-12,21,23-24,27H,3-4,7-10,13-17H2,1-2,5-6H3;3*1-2H3/b20-11+,22-12+;;;/t21?,23-,24-,25+,26?;;;/m1.../s1. The van der Waals surface area contributed by atoms with Crippen LogP contribution in [0.2, 0.25) is 0 Å². The first-order chi connectivity index (χ1) is 15.8. The zero-order chi connectivity index (χ0) is 25.8. The minimum atomic E-state index is -0.357. The Hall–Kier alpha value is -1.08. The lowest BCUT2D eigenvalue weighted by Gasteiger charge is -2.50. The molecular weight excluding hydrogens is 400 g/mol. The second-order valence-corrected chi connectivity index (χ2v) is 9.83. The predicted octanol–water partition coefficient (Wildman–Crippen LogP) is 10.2. The summed E-state index contributed by atoms with van der Waals surface area (Å²) in [4.78, 5) is 0. The van der Waals surface area contributed by atoms with Crippen LogP contribution in [0.3, 0.4) is 0 Å². The van der Waals surface area contributed by atoms with Crippen LogP contribution in [0.25, 0.3) is 0 Å². The largest absolute Gasteiger partial charge is 0.388 e. The lowest BCUT2D eigenvalue weighted by molar-refractivity contribution is 0.0737. The Morgan fingerprint density at radius 1 is 1.00 bits per heavy atom. The summed E-state index contributed by atoms with van der Waals surface area (Å²) in [6.07, 6.45) is 14.9. The molecule has 3 aliphatic carbocycles. The highest BCUT2D eigenvalue weighted by Crippen LogP contribution is 2.66. The average Bonchev–Trinajstić information content (AvgIpc) is 3.14. The van der Waals surface area contributed by atoms with Gasteiger partial charge in [-0.25, -0.2) is 0 Å². The molecule has 5 atom stereocenters. The van der Waals surface area contributed by atoms with Crippen LogP contribution in [-0.2, 0) is 0 Å². The van der Waals surface area contributed by atoms with Crippen molar-refractivity contribution in [1.29, 1.82) is 0 Å². The molecule has 0 heterocycles. The number of aliphatic hydroxyl groups excluding tert-OH is 1. The third kappa shape index (κ3) is 6.74. The van der Waals surface area contributed by atoms with E-state index in [9.17, 15) is 5.11 Å². The summed E-state index contributed by atoms with van der Waals surface area (Å²) < 4.78 is 0. The molecule has 3 rings (SSSR count). The number of rotatable bonds is 4. The first-order valence-corrected chi connectivity index (χ1v) is 14.2. The molecule has 1 nitrogen and oxygen atoms in total. The molecule has 2 unspecified atom stereocenters. The quantitative estimate of drug-likeness (QED) is 0.415. The van der Waals surface area contributed by atoms with Crippen LogP contribution in [0.5, 0.6) is 0 Å². The maximum absolute atomic E-state index is 10.4. The van der Waals surface area contributed by atoms with E-state index < -0.39 is 0 Å². The second-order valence-electron chi connectivity index (χ2n) is 9.83. The molecule has 0 radical (unpaired) electrons. The van der Waals surface area contributed by atoms with Gasteiger partial charge in [0.15, 0.2) is 0 Å². The fourth-order valence-corrected chi connectivity index (χ4v) is 6.43. The minimum absolute atomic E-state index is 0.298. The molecule has 0 amide bonds. The van der Waals surface area contributed by atoms with Crippen LogP contribution >= 0.6 is 0 Å². The number of hydrogen-bond donors (Lipinski definition) is 1. The van der Waals surface area contributed by atoms with Crippen LogP contribution in [0.4, 0.5) is 0 Å². The summed E-state index contributed by atoms with van der Waals surface area (Å²) in [7, 11) is 0. The molecule has 33 heavy (non-hydrogen) atoms. The molecule has 1 N–H and O–H groups in total. The van der Waals surface area contributed by atoms with Crippen molar-refractivity contribution in [3.8, 4) is 0 Å². The molecule has 1 heteroatoms.